The van der Waals surface area contributed by atoms with Crippen molar-refractivity contribution < 1.29 is 40.6 Å². The first kappa shape index (κ1) is 16.1. The third-order valence-electron chi connectivity index (χ3n) is 2.10. The fourth-order valence-corrected chi connectivity index (χ4v) is 1.09. The average molecular weight is 302 g/mol. The molecule has 0 aliphatic heterocycles. The van der Waals surface area contributed by atoms with Crippen LogP contribution in [0.5, 0.6) is 0 Å². The predicted octanol–water partition coefficient (Wildman–Crippen LogP) is 3.83. The average Bonchev–Trinajstić information content (AvgIpc) is 2.36. The van der Waals surface area contributed by atoms with Gasteiger partial charge in [-0.15, -0.1) is 0 Å². The number of rotatable bonds is 4. The zero-order valence-corrected chi connectivity index (χ0v) is 9.66. The summed E-state index contributed by atoms with van der Waals surface area (Å²) < 4.78 is 80.6. The lowest BCUT2D eigenvalue weighted by Gasteiger charge is -2.25. The number of halogens is 6. The van der Waals surface area contributed by atoms with Crippen LogP contribution in [0.25, 0.3) is 0 Å². The van der Waals surface area contributed by atoms with E-state index in [0.717, 1.165) is 0 Å². The highest BCUT2D eigenvalue weighted by atomic mass is 19.4. The molecule has 1 rings (SSSR count). The van der Waals surface area contributed by atoms with E-state index in [1.807, 2.05) is 0 Å². The fourth-order valence-electron chi connectivity index (χ4n) is 1.09. The van der Waals surface area contributed by atoms with Crippen molar-refractivity contribution in [1.82, 2.24) is 0 Å². The lowest BCUT2D eigenvalue weighted by Crippen LogP contribution is -2.51. The summed E-state index contributed by atoms with van der Waals surface area (Å²) in [6.07, 6.45) is -12.9. The molecule has 0 N–H and O–H groups in total. The van der Waals surface area contributed by atoms with Gasteiger partial charge in [-0.3, -0.25) is 0 Å². The Morgan fingerprint density at radius 1 is 1.10 bits per heavy atom. The standard InChI is InChI=1S/C11H8F6O3/c12-8(13)10(14,11(15,16)17)20-9(18)19-6-7-4-2-1-3-5-7/h1-5,8H,6H2. The fraction of sp³-hybridized carbons (Fsp3) is 0.364. The summed E-state index contributed by atoms with van der Waals surface area (Å²) in [5.41, 5.74) is 0.359. The van der Waals surface area contributed by atoms with Crippen LogP contribution in [0, 0.1) is 0 Å². The maximum Gasteiger partial charge on any atom is 0.511 e. The number of carbonyl (C=O) groups is 1. The highest BCUT2D eigenvalue weighted by molar-refractivity contribution is 5.60. The molecule has 0 amide bonds. The largest absolute Gasteiger partial charge is 0.511 e. The number of ether oxygens (including phenoxy) is 2. The van der Waals surface area contributed by atoms with Crippen LogP contribution in [0.4, 0.5) is 31.1 Å². The molecule has 0 radical (unpaired) electrons. The summed E-state index contributed by atoms with van der Waals surface area (Å²) in [5.74, 6) is -5.40. The number of carbonyl (C=O) groups excluding carboxylic acids is 1. The molecule has 0 spiro atoms. The second-order valence-electron chi connectivity index (χ2n) is 3.57. The molecule has 0 aromatic heterocycles. The Labute approximate surface area is 109 Å². The summed E-state index contributed by atoms with van der Waals surface area (Å²) in [6, 6.07) is 7.60. The number of benzene rings is 1. The van der Waals surface area contributed by atoms with Crippen LogP contribution in [0.3, 0.4) is 0 Å². The van der Waals surface area contributed by atoms with Gasteiger partial charge < -0.3 is 9.47 Å². The summed E-state index contributed by atoms with van der Waals surface area (Å²) >= 11 is 0. The van der Waals surface area contributed by atoms with Gasteiger partial charge in [0.25, 0.3) is 0 Å². The van der Waals surface area contributed by atoms with Crippen molar-refractivity contribution >= 4 is 6.16 Å². The van der Waals surface area contributed by atoms with Gasteiger partial charge in [-0.05, 0) is 5.56 Å². The van der Waals surface area contributed by atoms with Gasteiger partial charge in [0.15, 0.2) is 0 Å². The van der Waals surface area contributed by atoms with Gasteiger partial charge in [0.2, 0.25) is 0 Å². The van der Waals surface area contributed by atoms with Crippen molar-refractivity contribution in [2.75, 3.05) is 0 Å². The van der Waals surface area contributed by atoms with E-state index >= 15 is 0 Å². The molecule has 112 valence electrons. The molecule has 0 aliphatic carbocycles. The first-order valence-corrected chi connectivity index (χ1v) is 5.10. The number of alkyl halides is 6. The van der Waals surface area contributed by atoms with Gasteiger partial charge in [0.1, 0.15) is 6.61 Å². The van der Waals surface area contributed by atoms with Crippen molar-refractivity contribution in [3.8, 4) is 0 Å². The second kappa shape index (κ2) is 6.02. The van der Waals surface area contributed by atoms with E-state index < -0.39 is 31.2 Å². The molecule has 3 nitrogen and oxygen atoms in total. The van der Waals surface area contributed by atoms with Gasteiger partial charge in [0, 0.05) is 0 Å². The lowest BCUT2D eigenvalue weighted by atomic mass is 10.2. The molecule has 1 aromatic rings. The van der Waals surface area contributed by atoms with E-state index in [1.54, 1.807) is 18.2 Å². The van der Waals surface area contributed by atoms with E-state index in [1.165, 1.54) is 12.1 Å². The third kappa shape index (κ3) is 3.78. The Morgan fingerprint density at radius 2 is 1.65 bits per heavy atom. The van der Waals surface area contributed by atoms with Crippen LogP contribution in [0.1, 0.15) is 5.56 Å². The third-order valence-corrected chi connectivity index (χ3v) is 2.10. The van der Waals surface area contributed by atoms with Crippen molar-refractivity contribution in [3.05, 3.63) is 35.9 Å². The molecule has 0 aliphatic rings. The summed E-state index contributed by atoms with van der Waals surface area (Å²) in [4.78, 5) is 10.9. The van der Waals surface area contributed by atoms with Crippen molar-refractivity contribution in [1.29, 1.82) is 0 Å². The molecule has 1 unspecified atom stereocenters. The topological polar surface area (TPSA) is 35.5 Å². The Bertz CT molecular complexity index is 447. The van der Waals surface area contributed by atoms with E-state index in [2.05, 4.69) is 9.47 Å². The van der Waals surface area contributed by atoms with Crippen molar-refractivity contribution in [2.45, 2.75) is 25.1 Å². The molecular formula is C11H8F6O3. The molecule has 0 bridgehead atoms. The maximum atomic E-state index is 13.0. The highest BCUT2D eigenvalue weighted by Gasteiger charge is 2.67. The Balaban J connectivity index is 2.64. The van der Waals surface area contributed by atoms with Crippen molar-refractivity contribution in [2.24, 2.45) is 0 Å². The van der Waals surface area contributed by atoms with E-state index in [9.17, 15) is 31.1 Å². The quantitative estimate of drug-likeness (QED) is 0.626. The number of hydrogen-bond acceptors (Lipinski definition) is 3. The minimum absolute atomic E-state index is 0.359. The van der Waals surface area contributed by atoms with Gasteiger partial charge in [-0.25, -0.2) is 13.6 Å². The van der Waals surface area contributed by atoms with Gasteiger partial charge in [-0.2, -0.15) is 17.6 Å². The van der Waals surface area contributed by atoms with E-state index in [4.69, 9.17) is 0 Å². The Morgan fingerprint density at radius 3 is 2.10 bits per heavy atom. The summed E-state index contributed by atoms with van der Waals surface area (Å²) in [7, 11) is 0. The van der Waals surface area contributed by atoms with Crippen LogP contribution in [0.15, 0.2) is 30.3 Å². The molecule has 1 aromatic carbocycles. The summed E-state index contributed by atoms with van der Waals surface area (Å²) in [5, 5.41) is 0. The van der Waals surface area contributed by atoms with Crippen LogP contribution < -0.4 is 0 Å². The van der Waals surface area contributed by atoms with Crippen LogP contribution >= 0.6 is 0 Å². The SMILES string of the molecule is O=C(OCc1ccccc1)OC(F)(C(F)F)C(F)(F)F. The molecule has 0 fully saturated rings. The molecule has 0 saturated carbocycles. The lowest BCUT2D eigenvalue weighted by molar-refractivity contribution is -0.353. The molecule has 9 heteroatoms. The molecule has 1 atom stereocenters. The molecule has 0 heterocycles. The monoisotopic (exact) mass is 302 g/mol. The van der Waals surface area contributed by atoms with Gasteiger partial charge in [-0.1, -0.05) is 30.3 Å². The second-order valence-corrected chi connectivity index (χ2v) is 3.57. The van der Waals surface area contributed by atoms with Gasteiger partial charge in [0.05, 0.1) is 0 Å². The summed E-state index contributed by atoms with van der Waals surface area (Å²) in [6.45, 7) is -0.545. The zero-order valence-electron chi connectivity index (χ0n) is 9.66. The molecular weight excluding hydrogens is 294 g/mol. The predicted molar refractivity (Wildman–Crippen MR) is 53.6 cm³/mol. The van der Waals surface area contributed by atoms with Crippen LogP contribution in [-0.2, 0) is 16.1 Å². The number of hydrogen-bond donors (Lipinski definition) is 0. The normalized spacial score (nSPS) is 14.8. The van der Waals surface area contributed by atoms with E-state index in [-0.39, 0.29) is 0 Å². The zero-order chi connectivity index (χ0) is 15.4. The Kier molecular flexibility index (Phi) is 4.85. The maximum absolute atomic E-state index is 13.0. The minimum atomic E-state index is -6.08. The minimum Gasteiger partial charge on any atom is -0.429 e. The van der Waals surface area contributed by atoms with E-state index in [0.29, 0.717) is 5.56 Å². The first-order valence-electron chi connectivity index (χ1n) is 5.10. The smallest absolute Gasteiger partial charge is 0.429 e. The van der Waals surface area contributed by atoms with Gasteiger partial charge >= 0.3 is 24.6 Å². The van der Waals surface area contributed by atoms with Crippen molar-refractivity contribution in [3.63, 3.8) is 0 Å². The van der Waals surface area contributed by atoms with Crippen LogP contribution in [-0.4, -0.2) is 24.6 Å². The Hall–Kier alpha value is -1.93. The highest BCUT2D eigenvalue weighted by Crippen LogP contribution is 2.40. The van der Waals surface area contributed by atoms with Crippen LogP contribution in [0.2, 0.25) is 0 Å². The first-order chi connectivity index (χ1) is 9.17. The molecule has 0 saturated heterocycles. The molecule has 20 heavy (non-hydrogen) atoms.